The highest BCUT2D eigenvalue weighted by atomic mass is 16.5. The van der Waals surface area contributed by atoms with Crippen molar-refractivity contribution in [2.45, 2.75) is 86.1 Å². The van der Waals surface area contributed by atoms with Crippen molar-refractivity contribution in [3.05, 3.63) is 94.4 Å². The van der Waals surface area contributed by atoms with Crippen molar-refractivity contribution in [2.24, 2.45) is 5.18 Å². The third-order valence-corrected chi connectivity index (χ3v) is 7.68. The number of nitrogens with zero attached hydrogens (tertiary/aromatic N) is 3. The molecule has 0 radical (unpaired) electrons. The number of fused-ring (bicyclic) bond motifs is 1. The lowest BCUT2D eigenvalue weighted by Gasteiger charge is -2.17. The summed E-state index contributed by atoms with van der Waals surface area (Å²) in [5.41, 5.74) is 5.21. The molecule has 0 aliphatic rings. The van der Waals surface area contributed by atoms with Gasteiger partial charge in [-0.3, -0.25) is 9.59 Å². The number of amides is 2. The predicted molar refractivity (Wildman–Crippen MR) is 187 cm³/mol. The Kier molecular flexibility index (Phi) is 15.8. The largest absolute Gasteiger partial charge is 0.494 e. The van der Waals surface area contributed by atoms with E-state index in [0.717, 1.165) is 52.7 Å². The van der Waals surface area contributed by atoms with E-state index in [9.17, 15) is 14.5 Å². The van der Waals surface area contributed by atoms with E-state index in [1.165, 1.54) is 18.4 Å². The average molecular weight is 614 g/mol. The zero-order chi connectivity index (χ0) is 33.4. The molecule has 4 aromatic rings. The van der Waals surface area contributed by atoms with Gasteiger partial charge in [0, 0.05) is 30.2 Å². The van der Waals surface area contributed by atoms with Gasteiger partial charge in [-0.15, -0.1) is 4.91 Å². The Balaban J connectivity index is 0.00000109. The number of benzene rings is 3. The van der Waals surface area contributed by atoms with Gasteiger partial charge in [0.2, 0.25) is 5.91 Å². The number of aromatic nitrogens is 1. The van der Waals surface area contributed by atoms with Crippen LogP contribution in [0.5, 0.6) is 5.75 Å². The maximum atomic E-state index is 12.9. The minimum absolute atomic E-state index is 0.0764. The molecule has 0 N–H and O–H groups in total. The number of ether oxygens (including phenoxy) is 1. The Bertz CT molecular complexity index is 1490. The zero-order valence-corrected chi connectivity index (χ0v) is 28.4. The van der Waals surface area contributed by atoms with E-state index in [0.29, 0.717) is 6.61 Å². The van der Waals surface area contributed by atoms with Crippen LogP contribution in [-0.4, -0.2) is 42.0 Å². The number of carbonyl (C=O) groups excluding carboxylic acids is 2. The van der Waals surface area contributed by atoms with Crippen LogP contribution in [0.4, 0.5) is 0 Å². The normalized spacial score (nSPS) is 11.0. The number of hydrogen-bond donors (Lipinski definition) is 0. The summed E-state index contributed by atoms with van der Waals surface area (Å²) in [5, 5.41) is 3.55. The van der Waals surface area contributed by atoms with Crippen molar-refractivity contribution in [3.63, 3.8) is 0 Å². The van der Waals surface area contributed by atoms with Gasteiger partial charge in [0.05, 0.1) is 17.8 Å². The number of carbonyl (C=O) groups is 2. The summed E-state index contributed by atoms with van der Waals surface area (Å²) < 4.78 is 7.97. The predicted octanol–water partition coefficient (Wildman–Crippen LogP) is 9.66. The van der Waals surface area contributed by atoms with Gasteiger partial charge in [0.25, 0.3) is 0 Å². The van der Waals surface area contributed by atoms with Crippen LogP contribution in [0.2, 0.25) is 0 Å². The SMILES string of the molecule is CC.CCC(C)c1c(-c2ccc(OCCCc3ccccc3)cc2)n(CC(=O)N(C)C)c2cc(C(=O)N=O)ccc12.CCCC. The van der Waals surface area contributed by atoms with Crippen molar-refractivity contribution in [1.29, 1.82) is 0 Å². The first kappa shape index (κ1) is 36.9. The maximum absolute atomic E-state index is 12.9. The number of likely N-dealkylation sites (N-methyl/N-ethyl adjacent to an activating group) is 1. The highest BCUT2D eigenvalue weighted by Gasteiger charge is 2.24. The van der Waals surface area contributed by atoms with E-state index >= 15 is 0 Å². The molecule has 4 rings (SSSR count). The third kappa shape index (κ3) is 10.1. The molecular formula is C38H51N3O4. The first-order chi connectivity index (χ1) is 21.7. The topological polar surface area (TPSA) is 81.0 Å². The van der Waals surface area contributed by atoms with Crippen LogP contribution in [-0.2, 0) is 17.8 Å². The number of nitroso groups, excluding NO2 is 1. The molecule has 1 unspecified atom stereocenters. The van der Waals surface area contributed by atoms with E-state index in [-0.39, 0.29) is 23.9 Å². The lowest BCUT2D eigenvalue weighted by molar-refractivity contribution is -0.129. The molecule has 7 heteroatoms. The monoisotopic (exact) mass is 613 g/mol. The summed E-state index contributed by atoms with van der Waals surface area (Å²) in [7, 11) is 3.44. The summed E-state index contributed by atoms with van der Waals surface area (Å²) >= 11 is 0. The Morgan fingerprint density at radius 2 is 1.56 bits per heavy atom. The fourth-order valence-corrected chi connectivity index (χ4v) is 4.84. The first-order valence-electron chi connectivity index (χ1n) is 16.3. The van der Waals surface area contributed by atoms with Crippen LogP contribution in [0.3, 0.4) is 0 Å². The van der Waals surface area contributed by atoms with Crippen molar-refractivity contribution < 1.29 is 14.3 Å². The van der Waals surface area contributed by atoms with Gasteiger partial charge in [-0.2, -0.15) is 0 Å². The molecule has 0 saturated carbocycles. The Morgan fingerprint density at radius 1 is 0.911 bits per heavy atom. The number of hydrogen-bond acceptors (Lipinski definition) is 4. The molecule has 0 saturated heterocycles. The average Bonchev–Trinajstić information content (AvgIpc) is 3.40. The van der Waals surface area contributed by atoms with Gasteiger partial charge >= 0.3 is 5.91 Å². The lowest BCUT2D eigenvalue weighted by atomic mass is 9.92. The van der Waals surface area contributed by atoms with E-state index in [4.69, 9.17) is 4.74 Å². The number of unbranched alkanes of at least 4 members (excludes halogenated alkanes) is 1. The summed E-state index contributed by atoms with van der Waals surface area (Å²) in [6.07, 6.45) is 5.41. The third-order valence-electron chi connectivity index (χ3n) is 7.68. The van der Waals surface area contributed by atoms with Crippen LogP contribution in [0, 0.1) is 4.91 Å². The number of aryl methyl sites for hydroxylation is 1. The fraction of sp³-hybridized carbons (Fsp3) is 0.421. The molecule has 45 heavy (non-hydrogen) atoms. The molecule has 1 aromatic heterocycles. The van der Waals surface area contributed by atoms with Crippen molar-refractivity contribution >= 4 is 22.7 Å². The summed E-state index contributed by atoms with van der Waals surface area (Å²) in [6, 6.07) is 23.5. The van der Waals surface area contributed by atoms with Gasteiger partial charge in [-0.1, -0.05) is 90.8 Å². The van der Waals surface area contributed by atoms with Gasteiger partial charge < -0.3 is 14.2 Å². The first-order valence-corrected chi connectivity index (χ1v) is 16.3. The molecule has 0 aliphatic heterocycles. The van der Waals surface area contributed by atoms with Crippen LogP contribution in [0.25, 0.3) is 22.2 Å². The molecule has 7 nitrogen and oxygen atoms in total. The van der Waals surface area contributed by atoms with Crippen LogP contribution in [0.15, 0.2) is 78.0 Å². The molecule has 2 amide bonds. The Morgan fingerprint density at radius 3 is 2.11 bits per heavy atom. The van der Waals surface area contributed by atoms with Crippen molar-refractivity contribution in [3.8, 4) is 17.0 Å². The molecule has 1 heterocycles. The second-order valence-corrected chi connectivity index (χ2v) is 11.0. The van der Waals surface area contributed by atoms with Gasteiger partial charge in [-0.25, -0.2) is 0 Å². The molecule has 1 atom stereocenters. The second kappa shape index (κ2) is 19.2. The smallest absolute Gasteiger partial charge is 0.316 e. The lowest BCUT2D eigenvalue weighted by Crippen LogP contribution is -2.26. The van der Waals surface area contributed by atoms with Crippen molar-refractivity contribution in [1.82, 2.24) is 9.47 Å². The quantitative estimate of drug-likeness (QED) is 0.118. The van der Waals surface area contributed by atoms with E-state index in [2.05, 4.69) is 45.0 Å². The van der Waals surface area contributed by atoms with Crippen molar-refractivity contribution in [2.75, 3.05) is 20.7 Å². The number of rotatable bonds is 12. The minimum atomic E-state index is -0.830. The fourth-order valence-electron chi connectivity index (χ4n) is 4.84. The highest BCUT2D eigenvalue weighted by Crippen LogP contribution is 2.40. The summed E-state index contributed by atoms with van der Waals surface area (Å²) in [5.74, 6) is 0.0724. The molecular weight excluding hydrogens is 562 g/mol. The van der Waals surface area contributed by atoms with Crippen LogP contribution in [0.1, 0.15) is 94.6 Å². The van der Waals surface area contributed by atoms with Gasteiger partial charge in [-0.05, 0) is 78.3 Å². The van der Waals surface area contributed by atoms with E-state index < -0.39 is 5.91 Å². The summed E-state index contributed by atoms with van der Waals surface area (Å²) in [4.78, 5) is 37.5. The second-order valence-electron chi connectivity index (χ2n) is 11.0. The van der Waals surface area contributed by atoms with Crippen LogP contribution >= 0.6 is 0 Å². The summed E-state index contributed by atoms with van der Waals surface area (Å²) in [6.45, 7) is 13.4. The highest BCUT2D eigenvalue weighted by molar-refractivity contribution is 6.01. The van der Waals surface area contributed by atoms with Gasteiger partial charge in [0.15, 0.2) is 0 Å². The van der Waals surface area contributed by atoms with Gasteiger partial charge in [0.1, 0.15) is 12.3 Å². The maximum Gasteiger partial charge on any atom is 0.316 e. The molecule has 0 aliphatic carbocycles. The standard InChI is InChI=1S/C32H35N3O4.C4H10.C2H6/c1-5-22(2)30-27-18-15-25(32(37)33-38)20-28(27)35(21-29(36)34(3)4)31(30)24-13-16-26(17-14-24)39-19-9-12-23-10-7-6-8-11-23;1-3-4-2;1-2/h6-8,10-11,13-18,20,22H,5,9,12,19,21H2,1-4H3;3-4H2,1-2H3;1-2H3. The Labute approximate surface area is 269 Å². The molecule has 3 aromatic carbocycles. The van der Waals surface area contributed by atoms with E-state index in [1.54, 1.807) is 31.1 Å². The molecule has 0 spiro atoms. The minimum Gasteiger partial charge on any atom is -0.494 e. The molecule has 0 fully saturated rings. The zero-order valence-electron chi connectivity index (χ0n) is 28.4. The van der Waals surface area contributed by atoms with Crippen LogP contribution < -0.4 is 4.74 Å². The Hall–Kier alpha value is -4.26. The molecule has 0 bridgehead atoms. The van der Waals surface area contributed by atoms with E-state index in [1.807, 2.05) is 66.9 Å². The molecule has 242 valence electrons.